The highest BCUT2D eigenvalue weighted by Gasteiger charge is 2.28. The Kier molecular flexibility index (Phi) is 4.64. The molecule has 2 aromatic rings. The average Bonchev–Trinajstić information content (AvgIpc) is 2.78. The van der Waals surface area contributed by atoms with Crippen LogP contribution in [0.15, 0.2) is 33.7 Å². The third-order valence-electron chi connectivity index (χ3n) is 3.26. The lowest BCUT2D eigenvalue weighted by Crippen LogP contribution is -2.37. The van der Waals surface area contributed by atoms with E-state index in [9.17, 15) is 17.9 Å². The molecule has 6 nitrogen and oxygen atoms in total. The molecule has 0 bridgehead atoms. The summed E-state index contributed by atoms with van der Waals surface area (Å²) in [5, 5.41) is 13.8. The lowest BCUT2D eigenvalue weighted by Gasteiger charge is -2.20. The summed E-state index contributed by atoms with van der Waals surface area (Å²) in [6.45, 7) is 4.53. The Balaban J connectivity index is 2.20. The van der Waals surface area contributed by atoms with Crippen LogP contribution < -0.4 is 4.72 Å². The minimum Gasteiger partial charge on any atom is -0.387 e. The Hall–Kier alpha value is -1.77. The third-order valence-corrected chi connectivity index (χ3v) is 5.07. The summed E-state index contributed by atoms with van der Waals surface area (Å²) in [5.74, 6) is -0.256. The highest BCUT2D eigenvalue weighted by Crippen LogP contribution is 2.22. The molecular formula is C14H17FN2O4S. The molecule has 2 N–H and O–H groups in total. The van der Waals surface area contributed by atoms with Crippen LogP contribution in [0.4, 0.5) is 4.39 Å². The van der Waals surface area contributed by atoms with Crippen LogP contribution in [0, 0.1) is 19.7 Å². The van der Waals surface area contributed by atoms with Crippen molar-refractivity contribution in [2.45, 2.75) is 37.8 Å². The average molecular weight is 328 g/mol. The molecule has 0 radical (unpaired) electrons. The van der Waals surface area contributed by atoms with Gasteiger partial charge in [-0.3, -0.25) is 0 Å². The summed E-state index contributed by atoms with van der Waals surface area (Å²) in [6, 6.07) is 4.40. The van der Waals surface area contributed by atoms with Crippen LogP contribution in [0.25, 0.3) is 0 Å². The molecule has 0 fully saturated rings. The van der Waals surface area contributed by atoms with Gasteiger partial charge in [0.2, 0.25) is 10.0 Å². The maximum absolute atomic E-state index is 12.9. The molecule has 0 aliphatic heterocycles. The number of sulfonamides is 1. The molecule has 0 saturated carbocycles. The third kappa shape index (κ3) is 3.34. The van der Waals surface area contributed by atoms with Gasteiger partial charge in [0, 0.05) is 6.04 Å². The van der Waals surface area contributed by atoms with E-state index in [4.69, 9.17) is 4.52 Å². The minimum absolute atomic E-state index is 0.0364. The second-order valence-electron chi connectivity index (χ2n) is 5.06. The van der Waals surface area contributed by atoms with Crippen LogP contribution >= 0.6 is 0 Å². The second-order valence-corrected chi connectivity index (χ2v) is 6.71. The molecule has 2 unspecified atom stereocenters. The van der Waals surface area contributed by atoms with Gasteiger partial charge in [-0.15, -0.1) is 0 Å². The molecule has 1 aromatic heterocycles. The predicted molar refractivity (Wildman–Crippen MR) is 77.1 cm³/mol. The van der Waals surface area contributed by atoms with Gasteiger partial charge < -0.3 is 9.63 Å². The van der Waals surface area contributed by atoms with Crippen LogP contribution in [-0.2, 0) is 10.0 Å². The fourth-order valence-electron chi connectivity index (χ4n) is 2.18. The topological polar surface area (TPSA) is 92.4 Å². The zero-order chi connectivity index (χ0) is 16.5. The first-order valence-corrected chi connectivity index (χ1v) is 8.09. The molecule has 8 heteroatoms. The van der Waals surface area contributed by atoms with Crippen molar-refractivity contribution >= 4 is 10.0 Å². The van der Waals surface area contributed by atoms with E-state index in [1.165, 1.54) is 45.0 Å². The van der Waals surface area contributed by atoms with Crippen molar-refractivity contribution in [3.8, 4) is 0 Å². The molecule has 0 aliphatic carbocycles. The highest BCUT2D eigenvalue weighted by atomic mass is 32.2. The second kappa shape index (κ2) is 6.15. The lowest BCUT2D eigenvalue weighted by atomic mass is 10.0. The SMILES string of the molecule is Cc1noc(C)c1S(=O)(=O)NC(C)C(O)c1ccc(F)cc1. The highest BCUT2D eigenvalue weighted by molar-refractivity contribution is 7.89. The van der Waals surface area contributed by atoms with E-state index in [0.717, 1.165) is 0 Å². The van der Waals surface area contributed by atoms with Crippen molar-refractivity contribution in [1.29, 1.82) is 0 Å². The molecule has 2 atom stereocenters. The van der Waals surface area contributed by atoms with Gasteiger partial charge in [-0.05, 0) is 38.5 Å². The minimum atomic E-state index is -3.88. The number of aliphatic hydroxyl groups excluding tert-OH is 1. The van der Waals surface area contributed by atoms with Crippen molar-refractivity contribution in [2.24, 2.45) is 0 Å². The number of aliphatic hydroxyl groups is 1. The maximum Gasteiger partial charge on any atom is 0.246 e. The van der Waals surface area contributed by atoms with Crippen LogP contribution in [0.1, 0.15) is 30.0 Å². The monoisotopic (exact) mass is 328 g/mol. The molecule has 1 heterocycles. The predicted octanol–water partition coefficient (Wildman–Crippen LogP) is 1.83. The summed E-state index contributed by atoms with van der Waals surface area (Å²) in [4.78, 5) is -0.0364. The molecular weight excluding hydrogens is 311 g/mol. The standard InChI is InChI=1S/C14H17FN2O4S/c1-8(13(18)11-4-6-12(15)7-5-11)17-22(19,20)14-9(2)16-21-10(14)3/h4-8,13,17-18H,1-3H3. The number of benzene rings is 1. The summed E-state index contributed by atoms with van der Waals surface area (Å²) in [6.07, 6.45) is -1.11. The van der Waals surface area contributed by atoms with E-state index in [1.54, 1.807) is 0 Å². The first-order chi connectivity index (χ1) is 10.2. The van der Waals surface area contributed by atoms with Gasteiger partial charge in [0.25, 0.3) is 0 Å². The Morgan fingerprint density at radius 1 is 1.27 bits per heavy atom. The van der Waals surface area contributed by atoms with Crippen molar-refractivity contribution in [3.05, 3.63) is 47.1 Å². The fraction of sp³-hybridized carbons (Fsp3) is 0.357. The summed E-state index contributed by atoms with van der Waals surface area (Å²) >= 11 is 0. The Bertz CT molecular complexity index is 736. The zero-order valence-electron chi connectivity index (χ0n) is 12.4. The Labute approximate surface area is 128 Å². The number of nitrogens with zero attached hydrogens (tertiary/aromatic N) is 1. The molecule has 0 saturated heterocycles. The number of hydrogen-bond acceptors (Lipinski definition) is 5. The maximum atomic E-state index is 12.9. The van der Waals surface area contributed by atoms with E-state index in [0.29, 0.717) is 5.56 Å². The zero-order valence-corrected chi connectivity index (χ0v) is 13.2. The normalized spacial score (nSPS) is 14.8. The van der Waals surface area contributed by atoms with Gasteiger partial charge in [0.15, 0.2) is 5.76 Å². The lowest BCUT2D eigenvalue weighted by molar-refractivity contribution is 0.146. The van der Waals surface area contributed by atoms with Crippen molar-refractivity contribution < 1.29 is 22.4 Å². The van der Waals surface area contributed by atoms with Crippen molar-refractivity contribution in [3.63, 3.8) is 0 Å². The number of hydrogen-bond donors (Lipinski definition) is 2. The first kappa shape index (κ1) is 16.6. The largest absolute Gasteiger partial charge is 0.387 e. The van der Waals surface area contributed by atoms with Crippen molar-refractivity contribution in [2.75, 3.05) is 0 Å². The Morgan fingerprint density at radius 3 is 2.36 bits per heavy atom. The number of halogens is 1. The number of rotatable bonds is 5. The first-order valence-electron chi connectivity index (χ1n) is 6.61. The van der Waals surface area contributed by atoms with Crippen LogP contribution in [-0.4, -0.2) is 24.7 Å². The van der Waals surface area contributed by atoms with E-state index in [-0.39, 0.29) is 16.3 Å². The van der Waals surface area contributed by atoms with Gasteiger partial charge in [-0.2, -0.15) is 0 Å². The molecule has 2 rings (SSSR count). The van der Waals surface area contributed by atoms with Gasteiger partial charge >= 0.3 is 0 Å². The van der Waals surface area contributed by atoms with Crippen LogP contribution in [0.2, 0.25) is 0 Å². The molecule has 22 heavy (non-hydrogen) atoms. The van der Waals surface area contributed by atoms with E-state index in [2.05, 4.69) is 9.88 Å². The van der Waals surface area contributed by atoms with Crippen LogP contribution in [0.5, 0.6) is 0 Å². The van der Waals surface area contributed by atoms with E-state index >= 15 is 0 Å². The van der Waals surface area contributed by atoms with Crippen molar-refractivity contribution in [1.82, 2.24) is 9.88 Å². The summed E-state index contributed by atoms with van der Waals surface area (Å²) in [7, 11) is -3.88. The molecule has 0 aliphatic rings. The molecule has 120 valence electrons. The Morgan fingerprint density at radius 2 is 1.86 bits per heavy atom. The van der Waals surface area contributed by atoms with E-state index in [1.807, 2.05) is 0 Å². The quantitative estimate of drug-likeness (QED) is 0.873. The smallest absolute Gasteiger partial charge is 0.246 e. The summed E-state index contributed by atoms with van der Waals surface area (Å²) in [5.41, 5.74) is 0.656. The van der Waals surface area contributed by atoms with Gasteiger partial charge in [-0.1, -0.05) is 17.3 Å². The van der Waals surface area contributed by atoms with E-state index < -0.39 is 28.0 Å². The molecule has 0 spiro atoms. The number of aromatic nitrogens is 1. The van der Waals surface area contributed by atoms with Crippen LogP contribution in [0.3, 0.4) is 0 Å². The van der Waals surface area contributed by atoms with Gasteiger partial charge in [-0.25, -0.2) is 17.5 Å². The number of nitrogens with one attached hydrogen (secondary N) is 1. The number of aryl methyl sites for hydroxylation is 2. The van der Waals surface area contributed by atoms with Gasteiger partial charge in [0.1, 0.15) is 16.4 Å². The molecule has 1 aromatic carbocycles. The fourth-order valence-corrected chi connectivity index (χ4v) is 3.75. The molecule has 0 amide bonds. The summed E-state index contributed by atoms with van der Waals surface area (Å²) < 4.78 is 44.8. The van der Waals surface area contributed by atoms with Gasteiger partial charge in [0.05, 0.1) is 6.10 Å².